The van der Waals surface area contributed by atoms with Gasteiger partial charge in [0.1, 0.15) is 5.69 Å². The molecular formula is C12H11N5O. The number of anilines is 1. The Balaban J connectivity index is 1.99. The maximum atomic E-state index is 5.63. The van der Waals surface area contributed by atoms with Gasteiger partial charge in [0.05, 0.1) is 12.5 Å². The van der Waals surface area contributed by atoms with Crippen LogP contribution in [0.1, 0.15) is 0 Å². The van der Waals surface area contributed by atoms with E-state index in [9.17, 15) is 0 Å². The van der Waals surface area contributed by atoms with E-state index in [0.717, 1.165) is 11.3 Å². The highest BCUT2D eigenvalue weighted by Gasteiger charge is 2.12. The van der Waals surface area contributed by atoms with Crippen LogP contribution in [0.25, 0.3) is 23.0 Å². The molecule has 6 heteroatoms. The second kappa shape index (κ2) is 3.99. The highest BCUT2D eigenvalue weighted by atomic mass is 16.5. The second-order valence-corrected chi connectivity index (χ2v) is 3.93. The van der Waals surface area contributed by atoms with Crippen molar-refractivity contribution < 1.29 is 4.52 Å². The Labute approximate surface area is 103 Å². The van der Waals surface area contributed by atoms with Gasteiger partial charge in [0.2, 0.25) is 5.82 Å². The van der Waals surface area contributed by atoms with Gasteiger partial charge in [0, 0.05) is 18.3 Å². The lowest BCUT2D eigenvalue weighted by atomic mass is 10.2. The molecule has 0 aliphatic carbocycles. The Bertz CT molecular complexity index is 668. The summed E-state index contributed by atoms with van der Waals surface area (Å²) in [5.41, 5.74) is 7.97. The smallest absolute Gasteiger partial charge is 0.258 e. The standard InChI is InChI=1S/C12H11N5O/c1-17-7-14-6-10(17)11-15-12(18-16-11)8-2-4-9(13)5-3-8/h2-7H,13H2,1H3. The molecule has 0 fully saturated rings. The minimum Gasteiger partial charge on any atom is -0.399 e. The van der Waals surface area contributed by atoms with Crippen molar-refractivity contribution in [2.24, 2.45) is 7.05 Å². The van der Waals surface area contributed by atoms with E-state index >= 15 is 0 Å². The summed E-state index contributed by atoms with van der Waals surface area (Å²) in [5.74, 6) is 0.980. The van der Waals surface area contributed by atoms with Crippen LogP contribution in [-0.2, 0) is 7.05 Å². The van der Waals surface area contributed by atoms with Gasteiger partial charge in [-0.2, -0.15) is 4.98 Å². The Hall–Kier alpha value is -2.63. The second-order valence-electron chi connectivity index (χ2n) is 3.93. The van der Waals surface area contributed by atoms with Gasteiger partial charge in [-0.05, 0) is 24.3 Å². The molecule has 0 saturated carbocycles. The predicted molar refractivity (Wildman–Crippen MR) is 66.3 cm³/mol. The molecule has 0 aliphatic rings. The lowest BCUT2D eigenvalue weighted by Crippen LogP contribution is -1.90. The number of nitrogens with zero attached hydrogens (tertiary/aromatic N) is 4. The third-order valence-corrected chi connectivity index (χ3v) is 2.63. The van der Waals surface area contributed by atoms with Crippen LogP contribution in [-0.4, -0.2) is 19.7 Å². The van der Waals surface area contributed by atoms with Gasteiger partial charge in [-0.1, -0.05) is 5.16 Å². The Morgan fingerprint density at radius 2 is 2.00 bits per heavy atom. The molecule has 2 N–H and O–H groups in total. The van der Waals surface area contributed by atoms with Gasteiger partial charge in [-0.25, -0.2) is 4.98 Å². The van der Waals surface area contributed by atoms with Crippen LogP contribution in [0.3, 0.4) is 0 Å². The van der Waals surface area contributed by atoms with Crippen LogP contribution in [0.5, 0.6) is 0 Å². The molecule has 0 unspecified atom stereocenters. The first-order chi connectivity index (χ1) is 8.74. The van der Waals surface area contributed by atoms with Crippen molar-refractivity contribution in [3.63, 3.8) is 0 Å². The van der Waals surface area contributed by atoms with Crippen LogP contribution in [0.15, 0.2) is 41.3 Å². The van der Waals surface area contributed by atoms with Gasteiger partial charge in [-0.15, -0.1) is 0 Å². The van der Waals surface area contributed by atoms with Crippen molar-refractivity contribution >= 4 is 5.69 Å². The SMILES string of the molecule is Cn1cncc1-c1noc(-c2ccc(N)cc2)n1. The molecule has 0 atom stereocenters. The van der Waals surface area contributed by atoms with Gasteiger partial charge in [0.25, 0.3) is 5.89 Å². The molecule has 0 spiro atoms. The fraction of sp³-hybridized carbons (Fsp3) is 0.0833. The molecule has 0 amide bonds. The first-order valence-corrected chi connectivity index (χ1v) is 5.40. The first-order valence-electron chi connectivity index (χ1n) is 5.40. The van der Waals surface area contributed by atoms with Crippen LogP contribution in [0.4, 0.5) is 5.69 Å². The molecule has 0 aliphatic heterocycles. The monoisotopic (exact) mass is 241 g/mol. The number of nitrogen functional groups attached to an aromatic ring is 1. The molecule has 90 valence electrons. The summed E-state index contributed by atoms with van der Waals surface area (Å²) < 4.78 is 7.06. The van der Waals surface area contributed by atoms with Gasteiger partial charge < -0.3 is 14.8 Å². The average molecular weight is 241 g/mol. The Morgan fingerprint density at radius 1 is 1.22 bits per heavy atom. The van der Waals surface area contributed by atoms with E-state index in [4.69, 9.17) is 10.3 Å². The number of aromatic nitrogens is 4. The number of nitrogens with two attached hydrogens (primary N) is 1. The number of hydrogen-bond acceptors (Lipinski definition) is 5. The average Bonchev–Trinajstić information content (AvgIpc) is 2.98. The van der Waals surface area contributed by atoms with Crippen molar-refractivity contribution in [3.8, 4) is 23.0 Å². The van der Waals surface area contributed by atoms with Crippen LogP contribution >= 0.6 is 0 Å². The summed E-state index contributed by atoms with van der Waals surface area (Å²) >= 11 is 0. The molecule has 2 heterocycles. The van der Waals surface area contributed by atoms with E-state index in [2.05, 4.69) is 15.1 Å². The molecule has 6 nitrogen and oxygen atoms in total. The zero-order valence-corrected chi connectivity index (χ0v) is 9.74. The lowest BCUT2D eigenvalue weighted by molar-refractivity contribution is 0.432. The minimum atomic E-state index is 0.464. The van der Waals surface area contributed by atoms with Crippen LogP contribution in [0.2, 0.25) is 0 Å². The summed E-state index contributed by atoms with van der Waals surface area (Å²) in [4.78, 5) is 8.35. The van der Waals surface area contributed by atoms with E-state index in [1.165, 1.54) is 0 Å². The molecule has 18 heavy (non-hydrogen) atoms. The summed E-state index contributed by atoms with van der Waals surface area (Å²) in [6.07, 6.45) is 3.38. The lowest BCUT2D eigenvalue weighted by Gasteiger charge is -1.95. The third kappa shape index (κ3) is 1.73. The van der Waals surface area contributed by atoms with E-state index < -0.39 is 0 Å². The van der Waals surface area contributed by atoms with Crippen molar-refractivity contribution in [1.29, 1.82) is 0 Å². The van der Waals surface area contributed by atoms with Gasteiger partial charge >= 0.3 is 0 Å². The maximum Gasteiger partial charge on any atom is 0.258 e. The predicted octanol–water partition coefficient (Wildman–Crippen LogP) is 1.72. The van der Waals surface area contributed by atoms with Crippen molar-refractivity contribution in [1.82, 2.24) is 19.7 Å². The molecule has 0 radical (unpaired) electrons. The molecule has 0 bridgehead atoms. The van der Waals surface area contributed by atoms with E-state index in [0.29, 0.717) is 17.4 Å². The molecular weight excluding hydrogens is 230 g/mol. The summed E-state index contributed by atoms with van der Waals surface area (Å²) in [6, 6.07) is 7.28. The van der Waals surface area contributed by atoms with Crippen molar-refractivity contribution in [3.05, 3.63) is 36.8 Å². The zero-order chi connectivity index (χ0) is 12.5. The van der Waals surface area contributed by atoms with Crippen molar-refractivity contribution in [2.45, 2.75) is 0 Å². The summed E-state index contributed by atoms with van der Waals surface area (Å²) in [5, 5.41) is 3.94. The summed E-state index contributed by atoms with van der Waals surface area (Å²) in [6.45, 7) is 0. The molecule has 3 aromatic rings. The fourth-order valence-electron chi connectivity index (χ4n) is 1.64. The van der Waals surface area contributed by atoms with Gasteiger partial charge in [0.15, 0.2) is 0 Å². The van der Waals surface area contributed by atoms with E-state index in [1.807, 2.05) is 23.7 Å². The van der Waals surface area contributed by atoms with Gasteiger partial charge in [-0.3, -0.25) is 0 Å². The fourth-order valence-corrected chi connectivity index (χ4v) is 1.64. The number of imidazole rings is 1. The largest absolute Gasteiger partial charge is 0.399 e. The van der Waals surface area contributed by atoms with E-state index in [1.54, 1.807) is 24.7 Å². The van der Waals surface area contributed by atoms with Crippen LogP contribution < -0.4 is 5.73 Å². The first kappa shape index (κ1) is 10.5. The Kier molecular flexibility index (Phi) is 2.33. The normalized spacial score (nSPS) is 10.7. The molecule has 3 rings (SSSR count). The maximum absolute atomic E-state index is 5.63. The zero-order valence-electron chi connectivity index (χ0n) is 9.74. The highest BCUT2D eigenvalue weighted by molar-refractivity contribution is 5.59. The quantitative estimate of drug-likeness (QED) is 0.691. The number of benzene rings is 1. The highest BCUT2D eigenvalue weighted by Crippen LogP contribution is 2.22. The molecule has 2 aromatic heterocycles. The van der Waals surface area contributed by atoms with Crippen LogP contribution in [0, 0.1) is 0 Å². The van der Waals surface area contributed by atoms with Crippen molar-refractivity contribution in [2.75, 3.05) is 5.73 Å². The number of aryl methyl sites for hydroxylation is 1. The number of rotatable bonds is 2. The van der Waals surface area contributed by atoms with E-state index in [-0.39, 0.29) is 0 Å². The number of hydrogen-bond donors (Lipinski definition) is 1. The molecule has 1 aromatic carbocycles. The molecule has 0 saturated heterocycles. The minimum absolute atomic E-state index is 0.464. The Morgan fingerprint density at radius 3 is 2.67 bits per heavy atom. The topological polar surface area (TPSA) is 82.8 Å². The summed E-state index contributed by atoms with van der Waals surface area (Å²) in [7, 11) is 1.88. The third-order valence-electron chi connectivity index (χ3n) is 2.63.